The Hall–Kier alpha value is -1.63. The number of halogens is 3. The Morgan fingerprint density at radius 2 is 1.75 bits per heavy atom. The summed E-state index contributed by atoms with van der Waals surface area (Å²) < 4.78 is 63.1. The van der Waals surface area contributed by atoms with E-state index in [0.29, 0.717) is 6.42 Å². The second-order valence-electron chi connectivity index (χ2n) is 5.42. The van der Waals surface area contributed by atoms with Gasteiger partial charge in [-0.1, -0.05) is 56.5 Å². The average molecular weight is 362 g/mol. The average Bonchev–Trinajstić information content (AvgIpc) is 2.53. The summed E-state index contributed by atoms with van der Waals surface area (Å²) in [6.07, 6.45) is 1.11. The molecule has 1 aromatic carbocycles. The molecule has 1 aromatic rings. The fourth-order valence-electron chi connectivity index (χ4n) is 2.16. The minimum atomic E-state index is -5.21. The van der Waals surface area contributed by atoms with Crippen LogP contribution in [0.2, 0.25) is 0 Å². The third-order valence-electron chi connectivity index (χ3n) is 3.48. The van der Waals surface area contributed by atoms with Crippen LogP contribution in [0.15, 0.2) is 47.4 Å². The largest absolute Gasteiger partial charge is 0.451 e. The van der Waals surface area contributed by atoms with Crippen LogP contribution in [0.3, 0.4) is 0 Å². The smallest absolute Gasteiger partial charge is 0.288 e. The van der Waals surface area contributed by atoms with Gasteiger partial charge in [-0.3, -0.25) is 4.79 Å². The molecule has 1 rings (SSSR count). The Morgan fingerprint density at radius 3 is 2.29 bits per heavy atom. The Bertz CT molecular complexity index is 649. The van der Waals surface area contributed by atoms with Crippen molar-refractivity contribution in [1.29, 1.82) is 0 Å². The van der Waals surface area contributed by atoms with Gasteiger partial charge in [0.2, 0.25) is 0 Å². The van der Waals surface area contributed by atoms with Gasteiger partial charge in [0, 0.05) is 0 Å². The van der Waals surface area contributed by atoms with Gasteiger partial charge in [0.15, 0.2) is 15.1 Å². The van der Waals surface area contributed by atoms with Gasteiger partial charge in [-0.15, -0.1) is 0 Å². The van der Waals surface area contributed by atoms with Crippen molar-refractivity contribution < 1.29 is 26.4 Å². The summed E-state index contributed by atoms with van der Waals surface area (Å²) >= 11 is 0. The number of Topliss-reactive ketones (excluding diaryl/α,β-unsaturated/α-hetero) is 1. The lowest BCUT2D eigenvalue weighted by Gasteiger charge is -2.15. The van der Waals surface area contributed by atoms with Gasteiger partial charge in [0.1, 0.15) is 0 Å². The topological polar surface area (TPSA) is 51.2 Å². The minimum Gasteiger partial charge on any atom is -0.288 e. The summed E-state index contributed by atoms with van der Waals surface area (Å²) in [5.41, 5.74) is 0. The highest BCUT2D eigenvalue weighted by Crippen LogP contribution is 2.26. The number of allylic oxidation sites excluding steroid dienone is 1. The number of unbranched alkanes of at least 4 members (excludes halogenated alkanes) is 4. The molecule has 0 fully saturated rings. The molecule has 0 aliphatic rings. The maximum Gasteiger partial charge on any atom is 0.451 e. The van der Waals surface area contributed by atoms with Crippen LogP contribution in [-0.4, -0.2) is 25.6 Å². The van der Waals surface area contributed by atoms with Gasteiger partial charge in [-0.2, -0.15) is 13.2 Å². The molecule has 0 N–H and O–H groups in total. The van der Waals surface area contributed by atoms with Gasteiger partial charge in [-0.25, -0.2) is 8.42 Å². The van der Waals surface area contributed by atoms with Crippen LogP contribution in [0.5, 0.6) is 0 Å². The number of hydrogen-bond acceptors (Lipinski definition) is 3. The van der Waals surface area contributed by atoms with Crippen molar-refractivity contribution in [2.75, 3.05) is 0 Å². The maximum atomic E-state index is 12.8. The van der Waals surface area contributed by atoms with E-state index in [-0.39, 0.29) is 4.90 Å². The standard InChI is InChI=1S/C17H21F3O3S/c1-2-3-4-5-6-10-13-15(16(21)17(18,19)20)24(22,23)14-11-8-7-9-12-14/h7-13,15H,2-6H2,1H3/b13-10-. The molecule has 0 aliphatic carbocycles. The summed E-state index contributed by atoms with van der Waals surface area (Å²) in [4.78, 5) is 11.3. The van der Waals surface area contributed by atoms with E-state index in [1.807, 2.05) is 6.92 Å². The Balaban J connectivity index is 3.02. The molecule has 0 saturated carbocycles. The molecule has 0 aliphatic heterocycles. The molecular formula is C17H21F3O3S. The normalized spacial score (nSPS) is 14.0. The molecule has 24 heavy (non-hydrogen) atoms. The van der Waals surface area contributed by atoms with E-state index in [0.717, 1.165) is 31.8 Å². The summed E-state index contributed by atoms with van der Waals surface area (Å²) in [5, 5.41) is -2.24. The fraction of sp³-hybridized carbons (Fsp3) is 0.471. The Kier molecular flexibility index (Phi) is 7.66. The first-order valence-corrected chi connectivity index (χ1v) is 9.32. The fourth-order valence-corrected chi connectivity index (χ4v) is 3.72. The van der Waals surface area contributed by atoms with E-state index >= 15 is 0 Å². The predicted molar refractivity (Wildman–Crippen MR) is 86.4 cm³/mol. The second kappa shape index (κ2) is 9.01. The summed E-state index contributed by atoms with van der Waals surface area (Å²) in [6.45, 7) is 2.03. The van der Waals surface area contributed by atoms with E-state index in [4.69, 9.17) is 0 Å². The van der Waals surface area contributed by atoms with Crippen LogP contribution in [-0.2, 0) is 14.6 Å². The number of carbonyl (C=O) groups is 1. The van der Waals surface area contributed by atoms with Crippen LogP contribution in [0.1, 0.15) is 39.0 Å². The van der Waals surface area contributed by atoms with Gasteiger partial charge in [-0.05, 0) is 25.0 Å². The number of ketones is 1. The number of sulfone groups is 1. The number of benzene rings is 1. The third kappa shape index (κ3) is 5.78. The molecule has 0 spiro atoms. The molecule has 134 valence electrons. The highest BCUT2D eigenvalue weighted by molar-refractivity contribution is 7.93. The quantitative estimate of drug-likeness (QED) is 0.480. The van der Waals surface area contributed by atoms with Crippen molar-refractivity contribution in [2.45, 2.75) is 55.3 Å². The van der Waals surface area contributed by atoms with Gasteiger partial charge >= 0.3 is 6.18 Å². The lowest BCUT2D eigenvalue weighted by Crippen LogP contribution is -2.38. The molecular weight excluding hydrogens is 341 g/mol. The van der Waals surface area contributed by atoms with Crippen molar-refractivity contribution in [3.63, 3.8) is 0 Å². The zero-order valence-corrected chi connectivity index (χ0v) is 14.2. The lowest BCUT2D eigenvalue weighted by atomic mass is 10.1. The van der Waals surface area contributed by atoms with E-state index in [1.54, 1.807) is 6.07 Å². The SMILES string of the molecule is CCCCCC/C=C\C(C(=O)C(F)(F)F)S(=O)(=O)c1ccccc1. The maximum absolute atomic E-state index is 12.8. The summed E-state index contributed by atoms with van der Waals surface area (Å²) in [5.74, 6) is -2.27. The minimum absolute atomic E-state index is 0.303. The first-order valence-electron chi connectivity index (χ1n) is 7.78. The van der Waals surface area contributed by atoms with Crippen LogP contribution in [0, 0.1) is 0 Å². The van der Waals surface area contributed by atoms with E-state index in [1.165, 1.54) is 30.3 Å². The molecule has 0 saturated heterocycles. The first kappa shape index (κ1) is 20.4. The first-order chi connectivity index (χ1) is 11.2. The van der Waals surface area contributed by atoms with Crippen LogP contribution < -0.4 is 0 Å². The molecule has 0 bridgehead atoms. The van der Waals surface area contributed by atoms with Crippen LogP contribution >= 0.6 is 0 Å². The van der Waals surface area contributed by atoms with Crippen molar-refractivity contribution in [3.05, 3.63) is 42.5 Å². The lowest BCUT2D eigenvalue weighted by molar-refractivity contribution is -0.169. The van der Waals surface area contributed by atoms with E-state index in [2.05, 4.69) is 0 Å². The molecule has 3 nitrogen and oxygen atoms in total. The molecule has 1 unspecified atom stereocenters. The monoisotopic (exact) mass is 362 g/mol. The third-order valence-corrected chi connectivity index (χ3v) is 5.45. The van der Waals surface area contributed by atoms with E-state index in [9.17, 15) is 26.4 Å². The number of alkyl halides is 3. The number of rotatable bonds is 9. The van der Waals surface area contributed by atoms with E-state index < -0.39 is 27.0 Å². The molecule has 0 aromatic heterocycles. The molecule has 1 atom stereocenters. The van der Waals surface area contributed by atoms with Crippen molar-refractivity contribution in [2.24, 2.45) is 0 Å². The number of hydrogen-bond donors (Lipinski definition) is 0. The van der Waals surface area contributed by atoms with Crippen LogP contribution in [0.25, 0.3) is 0 Å². The molecule has 0 heterocycles. The predicted octanol–water partition coefficient (Wildman–Crippen LogP) is 4.49. The zero-order valence-electron chi connectivity index (χ0n) is 13.4. The molecule has 7 heteroatoms. The number of carbonyl (C=O) groups excluding carboxylic acids is 1. The molecule has 0 radical (unpaired) electrons. The van der Waals surface area contributed by atoms with Crippen molar-refractivity contribution in [1.82, 2.24) is 0 Å². The summed E-state index contributed by atoms with van der Waals surface area (Å²) in [7, 11) is -4.44. The summed E-state index contributed by atoms with van der Waals surface area (Å²) in [6, 6.07) is 6.71. The van der Waals surface area contributed by atoms with Crippen LogP contribution in [0.4, 0.5) is 13.2 Å². The van der Waals surface area contributed by atoms with Gasteiger partial charge < -0.3 is 0 Å². The second-order valence-corrected chi connectivity index (χ2v) is 7.49. The van der Waals surface area contributed by atoms with Crippen molar-refractivity contribution in [3.8, 4) is 0 Å². The highest BCUT2D eigenvalue weighted by Gasteiger charge is 2.47. The zero-order chi connectivity index (χ0) is 18.2. The molecule has 0 amide bonds. The Morgan fingerprint density at radius 1 is 1.12 bits per heavy atom. The Labute approximate surface area is 140 Å². The van der Waals surface area contributed by atoms with Crippen molar-refractivity contribution >= 4 is 15.6 Å². The highest BCUT2D eigenvalue weighted by atomic mass is 32.2. The van der Waals surface area contributed by atoms with Gasteiger partial charge in [0.25, 0.3) is 5.78 Å². The van der Waals surface area contributed by atoms with Gasteiger partial charge in [0.05, 0.1) is 4.90 Å².